The normalized spacial score (nSPS) is 11.3. The van der Waals surface area contributed by atoms with Gasteiger partial charge in [-0.05, 0) is 37.3 Å². The molecule has 0 spiro atoms. The highest BCUT2D eigenvalue weighted by Gasteiger charge is 2.20. The van der Waals surface area contributed by atoms with Crippen molar-refractivity contribution in [2.24, 2.45) is 5.73 Å². The molecule has 2 aromatic carbocycles. The Kier molecular flexibility index (Phi) is 5.97. The molecule has 3 amide bonds. The molecule has 1 atom stereocenters. The summed E-state index contributed by atoms with van der Waals surface area (Å²) in [6.07, 6.45) is -1.04. The summed E-state index contributed by atoms with van der Waals surface area (Å²) in [4.78, 5) is 35.1. The molecule has 0 aliphatic carbocycles. The van der Waals surface area contributed by atoms with Crippen molar-refractivity contribution in [1.82, 2.24) is 0 Å². The van der Waals surface area contributed by atoms with Crippen molar-refractivity contribution < 1.29 is 19.1 Å². The molecule has 2 rings (SSSR count). The van der Waals surface area contributed by atoms with E-state index >= 15 is 0 Å². The van der Waals surface area contributed by atoms with Crippen LogP contribution in [0.4, 0.5) is 16.2 Å². The summed E-state index contributed by atoms with van der Waals surface area (Å²) < 4.78 is 5.13. The molecule has 8 heteroatoms. The number of nitrogens with two attached hydrogens (primary N) is 1. The first-order chi connectivity index (χ1) is 11.9. The summed E-state index contributed by atoms with van der Waals surface area (Å²) in [7, 11) is 0. The number of urea groups is 1. The third-order valence-corrected chi connectivity index (χ3v) is 3.48. The lowest BCUT2D eigenvalue weighted by atomic mass is 10.2. The molecule has 0 bridgehead atoms. The number of hydrogen-bond donors (Lipinski definition) is 3. The minimum Gasteiger partial charge on any atom is -0.449 e. The molecule has 25 heavy (non-hydrogen) atoms. The molecular weight excluding hydrogens is 346 g/mol. The largest absolute Gasteiger partial charge is 0.449 e. The van der Waals surface area contributed by atoms with Crippen LogP contribution in [0.1, 0.15) is 17.3 Å². The fraction of sp³-hybridized carbons (Fsp3) is 0.118. The van der Waals surface area contributed by atoms with Crippen molar-refractivity contribution >= 4 is 40.9 Å². The summed E-state index contributed by atoms with van der Waals surface area (Å²) >= 11 is 5.97. The van der Waals surface area contributed by atoms with E-state index in [4.69, 9.17) is 22.1 Å². The van der Waals surface area contributed by atoms with E-state index in [0.29, 0.717) is 16.4 Å². The van der Waals surface area contributed by atoms with E-state index in [0.717, 1.165) is 0 Å². The zero-order chi connectivity index (χ0) is 18.4. The monoisotopic (exact) mass is 361 g/mol. The summed E-state index contributed by atoms with van der Waals surface area (Å²) in [5.74, 6) is -1.23. The van der Waals surface area contributed by atoms with Crippen molar-refractivity contribution in [3.63, 3.8) is 0 Å². The van der Waals surface area contributed by atoms with Gasteiger partial charge < -0.3 is 21.1 Å². The molecule has 0 fully saturated rings. The first-order valence-electron chi connectivity index (χ1n) is 7.29. The average Bonchev–Trinajstić information content (AvgIpc) is 2.56. The average molecular weight is 362 g/mol. The lowest BCUT2D eigenvalue weighted by molar-refractivity contribution is -0.123. The van der Waals surface area contributed by atoms with Gasteiger partial charge in [-0.3, -0.25) is 4.79 Å². The number of amides is 3. The van der Waals surface area contributed by atoms with Crippen molar-refractivity contribution in [2.75, 3.05) is 10.6 Å². The van der Waals surface area contributed by atoms with Crippen LogP contribution in [-0.4, -0.2) is 24.0 Å². The molecule has 0 saturated heterocycles. The number of anilines is 2. The molecule has 0 aromatic heterocycles. The smallest absolute Gasteiger partial charge is 0.338 e. The van der Waals surface area contributed by atoms with Crippen LogP contribution in [0.3, 0.4) is 0 Å². The molecule has 0 unspecified atom stereocenters. The SMILES string of the molecule is C[C@@H](OC(=O)c1cccc(NC(N)=O)c1)C(=O)Nc1ccccc1Cl. The molecule has 130 valence electrons. The predicted octanol–water partition coefficient (Wildman–Crippen LogP) is 3.01. The Morgan fingerprint density at radius 3 is 2.48 bits per heavy atom. The Hall–Kier alpha value is -3.06. The molecular formula is C17H16ClN3O4. The number of hydrogen-bond acceptors (Lipinski definition) is 4. The van der Waals surface area contributed by atoms with E-state index in [9.17, 15) is 14.4 Å². The molecule has 2 aromatic rings. The fourth-order valence-corrected chi connectivity index (χ4v) is 2.13. The molecule has 0 aliphatic rings. The number of esters is 1. The summed E-state index contributed by atoms with van der Waals surface area (Å²) in [5, 5.41) is 5.31. The van der Waals surface area contributed by atoms with E-state index in [-0.39, 0.29) is 5.56 Å². The topological polar surface area (TPSA) is 111 Å². The number of nitrogens with one attached hydrogen (secondary N) is 2. The quantitative estimate of drug-likeness (QED) is 0.711. The number of carbonyl (C=O) groups is 3. The van der Waals surface area contributed by atoms with Gasteiger partial charge >= 0.3 is 12.0 Å². The van der Waals surface area contributed by atoms with Crippen molar-refractivity contribution in [2.45, 2.75) is 13.0 Å². The zero-order valence-corrected chi connectivity index (χ0v) is 14.0. The van der Waals surface area contributed by atoms with Crippen molar-refractivity contribution in [1.29, 1.82) is 0 Å². The Labute approximate surface area is 149 Å². The van der Waals surface area contributed by atoms with Crippen LogP contribution < -0.4 is 16.4 Å². The standard InChI is InChI=1S/C17H16ClN3O4/c1-10(15(22)21-14-8-3-2-7-13(14)18)25-16(23)11-5-4-6-12(9-11)20-17(19)24/h2-10H,1H3,(H,21,22)(H3,19,20,24)/t10-/m1/s1. The zero-order valence-electron chi connectivity index (χ0n) is 13.3. The fourth-order valence-electron chi connectivity index (χ4n) is 1.95. The van der Waals surface area contributed by atoms with Crippen LogP contribution in [0.5, 0.6) is 0 Å². The van der Waals surface area contributed by atoms with Crippen LogP contribution in [-0.2, 0) is 9.53 Å². The van der Waals surface area contributed by atoms with Gasteiger partial charge in [0.2, 0.25) is 0 Å². The van der Waals surface area contributed by atoms with E-state index in [1.54, 1.807) is 36.4 Å². The highest BCUT2D eigenvalue weighted by Crippen LogP contribution is 2.21. The lowest BCUT2D eigenvalue weighted by Crippen LogP contribution is -2.30. The molecule has 0 saturated carbocycles. The molecule has 4 N–H and O–H groups in total. The summed E-state index contributed by atoms with van der Waals surface area (Å²) in [6, 6.07) is 12.0. The van der Waals surface area contributed by atoms with Gasteiger partial charge in [-0.2, -0.15) is 0 Å². The van der Waals surface area contributed by atoms with Gasteiger partial charge in [0.15, 0.2) is 6.10 Å². The van der Waals surface area contributed by atoms with Gasteiger partial charge in [-0.15, -0.1) is 0 Å². The van der Waals surface area contributed by atoms with Crippen LogP contribution in [0, 0.1) is 0 Å². The number of para-hydroxylation sites is 1. The van der Waals surface area contributed by atoms with Gasteiger partial charge in [0, 0.05) is 5.69 Å². The Morgan fingerprint density at radius 1 is 1.08 bits per heavy atom. The van der Waals surface area contributed by atoms with E-state index < -0.39 is 24.0 Å². The number of halogens is 1. The third kappa shape index (κ3) is 5.22. The van der Waals surface area contributed by atoms with Gasteiger partial charge in [0.25, 0.3) is 5.91 Å². The van der Waals surface area contributed by atoms with E-state index in [1.807, 2.05) is 0 Å². The lowest BCUT2D eigenvalue weighted by Gasteiger charge is -2.14. The van der Waals surface area contributed by atoms with Crippen LogP contribution in [0.25, 0.3) is 0 Å². The number of primary amides is 1. The molecule has 0 aliphatic heterocycles. The molecule has 7 nitrogen and oxygen atoms in total. The third-order valence-electron chi connectivity index (χ3n) is 3.15. The van der Waals surface area contributed by atoms with Crippen LogP contribution in [0.2, 0.25) is 5.02 Å². The van der Waals surface area contributed by atoms with Gasteiger partial charge in [0.05, 0.1) is 16.3 Å². The van der Waals surface area contributed by atoms with Gasteiger partial charge in [0.1, 0.15) is 0 Å². The van der Waals surface area contributed by atoms with Crippen LogP contribution >= 0.6 is 11.6 Å². The number of carbonyl (C=O) groups excluding carboxylic acids is 3. The minimum atomic E-state index is -1.04. The highest BCUT2D eigenvalue weighted by atomic mass is 35.5. The maximum atomic E-state index is 12.1. The maximum absolute atomic E-state index is 12.1. The van der Waals surface area contributed by atoms with E-state index in [1.165, 1.54) is 19.1 Å². The summed E-state index contributed by atoms with van der Waals surface area (Å²) in [5.41, 5.74) is 5.96. The van der Waals surface area contributed by atoms with Gasteiger partial charge in [-0.25, -0.2) is 9.59 Å². The number of ether oxygens (including phenoxy) is 1. The van der Waals surface area contributed by atoms with E-state index in [2.05, 4.69) is 10.6 Å². The number of rotatable bonds is 5. The van der Waals surface area contributed by atoms with Crippen molar-refractivity contribution in [3.8, 4) is 0 Å². The van der Waals surface area contributed by atoms with Gasteiger partial charge in [-0.1, -0.05) is 29.8 Å². The second-order valence-electron chi connectivity index (χ2n) is 5.09. The summed E-state index contributed by atoms with van der Waals surface area (Å²) in [6.45, 7) is 1.44. The predicted molar refractivity (Wildman–Crippen MR) is 94.6 cm³/mol. The minimum absolute atomic E-state index is 0.170. The molecule has 0 heterocycles. The molecule has 0 radical (unpaired) electrons. The van der Waals surface area contributed by atoms with Crippen LogP contribution in [0.15, 0.2) is 48.5 Å². The number of benzene rings is 2. The van der Waals surface area contributed by atoms with Crippen molar-refractivity contribution in [3.05, 3.63) is 59.1 Å². The Balaban J connectivity index is 2.01. The second kappa shape index (κ2) is 8.16. The first-order valence-corrected chi connectivity index (χ1v) is 7.67. The maximum Gasteiger partial charge on any atom is 0.338 e. The first kappa shape index (κ1) is 18.3. The second-order valence-corrected chi connectivity index (χ2v) is 5.49. The Bertz CT molecular complexity index is 810. The highest BCUT2D eigenvalue weighted by molar-refractivity contribution is 6.33. The Morgan fingerprint density at radius 2 is 1.80 bits per heavy atom.